The van der Waals surface area contributed by atoms with Gasteiger partial charge in [-0.05, 0) is 37.1 Å². The summed E-state index contributed by atoms with van der Waals surface area (Å²) in [6.45, 7) is 3.52. The fraction of sp³-hybridized carbons (Fsp3) is 0.400. The molecule has 0 aliphatic carbocycles. The van der Waals surface area contributed by atoms with E-state index in [1.54, 1.807) is 36.5 Å². The molecule has 6 heteroatoms. The number of aryl methyl sites for hydroxylation is 1. The first-order valence-corrected chi connectivity index (χ1v) is 8.66. The van der Waals surface area contributed by atoms with E-state index >= 15 is 0 Å². The number of hydrogen-bond donors (Lipinski definition) is 0. The van der Waals surface area contributed by atoms with Crippen LogP contribution in [0.4, 0.5) is 0 Å². The molecule has 0 radical (unpaired) electrons. The number of carbonyl (C=O) groups excluding carboxylic acids is 1. The van der Waals surface area contributed by atoms with Gasteiger partial charge in [0.2, 0.25) is 0 Å². The normalized spacial score (nSPS) is 19.4. The summed E-state index contributed by atoms with van der Waals surface area (Å²) in [5.74, 6) is 1.36. The van der Waals surface area contributed by atoms with Crippen LogP contribution in [0, 0.1) is 6.92 Å². The van der Waals surface area contributed by atoms with Gasteiger partial charge in [0.25, 0.3) is 5.91 Å². The van der Waals surface area contributed by atoms with Crippen LogP contribution in [0.1, 0.15) is 12.0 Å². The Morgan fingerprint density at radius 1 is 1.23 bits per heavy atom. The predicted molar refractivity (Wildman–Crippen MR) is 97.3 cm³/mol. The molecule has 1 aromatic carbocycles. The van der Waals surface area contributed by atoms with Gasteiger partial charge in [0.15, 0.2) is 6.61 Å². The van der Waals surface area contributed by atoms with Gasteiger partial charge in [-0.1, -0.05) is 18.2 Å². The fourth-order valence-electron chi connectivity index (χ4n) is 3.00. The summed E-state index contributed by atoms with van der Waals surface area (Å²) in [6.07, 6.45) is 3.98. The number of aromatic nitrogens is 1. The number of methoxy groups -OCH3 is 1. The van der Waals surface area contributed by atoms with Crippen LogP contribution in [0.5, 0.6) is 11.5 Å². The summed E-state index contributed by atoms with van der Waals surface area (Å²) in [4.78, 5) is 18.2. The van der Waals surface area contributed by atoms with Gasteiger partial charge in [0.05, 0.1) is 12.7 Å². The van der Waals surface area contributed by atoms with E-state index < -0.39 is 5.60 Å². The Morgan fingerprint density at radius 3 is 2.81 bits per heavy atom. The van der Waals surface area contributed by atoms with Crippen molar-refractivity contribution in [2.45, 2.75) is 18.9 Å². The number of likely N-dealkylation sites (tertiary alicyclic amines) is 1. The molecule has 1 saturated heterocycles. The second-order valence-corrected chi connectivity index (χ2v) is 6.48. The molecule has 3 rings (SSSR count). The highest BCUT2D eigenvalue weighted by molar-refractivity contribution is 5.78. The molecule has 1 aliphatic rings. The van der Waals surface area contributed by atoms with Gasteiger partial charge >= 0.3 is 0 Å². The lowest BCUT2D eigenvalue weighted by Crippen LogP contribution is -2.43. The minimum atomic E-state index is -0.494. The van der Waals surface area contributed by atoms with Crippen molar-refractivity contribution in [2.24, 2.45) is 0 Å². The van der Waals surface area contributed by atoms with Crippen molar-refractivity contribution in [1.82, 2.24) is 9.88 Å². The molecule has 6 nitrogen and oxygen atoms in total. The highest BCUT2D eigenvalue weighted by Crippen LogP contribution is 2.27. The van der Waals surface area contributed by atoms with Gasteiger partial charge < -0.3 is 19.1 Å². The summed E-state index contributed by atoms with van der Waals surface area (Å²) in [6, 6.07) is 11.4. The summed E-state index contributed by atoms with van der Waals surface area (Å²) >= 11 is 0. The van der Waals surface area contributed by atoms with E-state index in [4.69, 9.17) is 14.2 Å². The lowest BCUT2D eigenvalue weighted by atomic mass is 10.0. The van der Waals surface area contributed by atoms with Crippen LogP contribution < -0.4 is 9.47 Å². The average Bonchev–Trinajstić information content (AvgIpc) is 3.11. The Balaban J connectivity index is 1.54. The van der Waals surface area contributed by atoms with E-state index in [0.717, 1.165) is 17.7 Å². The number of hydrogen-bond acceptors (Lipinski definition) is 5. The molecular weight excluding hydrogens is 332 g/mol. The molecule has 1 unspecified atom stereocenters. The number of ether oxygens (including phenoxy) is 3. The minimum absolute atomic E-state index is 0.00978. The van der Waals surface area contributed by atoms with Crippen LogP contribution >= 0.6 is 0 Å². The molecular formula is C20H24N2O4. The maximum atomic E-state index is 12.4. The third-order valence-electron chi connectivity index (χ3n) is 4.68. The Labute approximate surface area is 153 Å². The first-order valence-electron chi connectivity index (χ1n) is 8.66. The Bertz CT molecular complexity index is 738. The molecule has 2 aromatic rings. The average molecular weight is 356 g/mol. The Hall–Kier alpha value is -2.60. The molecule has 1 fully saturated rings. The van der Waals surface area contributed by atoms with Crippen LogP contribution in [-0.4, -0.2) is 54.8 Å². The zero-order chi connectivity index (χ0) is 18.4. The van der Waals surface area contributed by atoms with Crippen LogP contribution in [-0.2, 0) is 9.53 Å². The molecule has 0 spiro atoms. The lowest BCUT2D eigenvalue weighted by molar-refractivity contribution is -0.134. The highest BCUT2D eigenvalue weighted by atomic mass is 16.5. The number of rotatable bonds is 7. The standard InChI is InChI=1S/C20H24N2O4/c1-16-6-3-4-8-18(16)26-15-20(24-2)9-11-22(14-20)19(23)13-25-17-7-5-10-21-12-17/h3-8,10,12H,9,11,13-15H2,1-2H3. The maximum Gasteiger partial charge on any atom is 0.260 e. The molecule has 2 heterocycles. The summed E-state index contributed by atoms with van der Waals surface area (Å²) in [5, 5.41) is 0. The second-order valence-electron chi connectivity index (χ2n) is 6.48. The number of pyridine rings is 1. The Kier molecular flexibility index (Phi) is 5.73. The highest BCUT2D eigenvalue weighted by Gasteiger charge is 2.41. The quantitative estimate of drug-likeness (QED) is 0.763. The first-order chi connectivity index (χ1) is 12.6. The van der Waals surface area contributed by atoms with Crippen molar-refractivity contribution in [1.29, 1.82) is 0 Å². The van der Waals surface area contributed by atoms with E-state index in [-0.39, 0.29) is 12.5 Å². The molecule has 0 N–H and O–H groups in total. The van der Waals surface area contributed by atoms with Crippen LogP contribution in [0.15, 0.2) is 48.8 Å². The number of para-hydroxylation sites is 1. The molecule has 26 heavy (non-hydrogen) atoms. The molecule has 0 saturated carbocycles. The zero-order valence-electron chi connectivity index (χ0n) is 15.2. The number of amides is 1. The van der Waals surface area contributed by atoms with Crippen molar-refractivity contribution in [3.8, 4) is 11.5 Å². The topological polar surface area (TPSA) is 60.9 Å². The number of carbonyl (C=O) groups is 1. The lowest BCUT2D eigenvalue weighted by Gasteiger charge is -2.28. The zero-order valence-corrected chi connectivity index (χ0v) is 15.2. The third-order valence-corrected chi connectivity index (χ3v) is 4.68. The molecule has 138 valence electrons. The van der Waals surface area contributed by atoms with Gasteiger partial charge in [-0.3, -0.25) is 9.78 Å². The van der Waals surface area contributed by atoms with Crippen molar-refractivity contribution in [2.75, 3.05) is 33.4 Å². The van der Waals surface area contributed by atoms with Crippen LogP contribution in [0.2, 0.25) is 0 Å². The smallest absolute Gasteiger partial charge is 0.260 e. The molecule has 1 atom stereocenters. The Morgan fingerprint density at radius 2 is 2.08 bits per heavy atom. The van der Waals surface area contributed by atoms with E-state index in [9.17, 15) is 4.79 Å². The fourth-order valence-corrected chi connectivity index (χ4v) is 3.00. The van der Waals surface area contributed by atoms with Gasteiger partial charge in [0, 0.05) is 19.9 Å². The molecule has 1 aromatic heterocycles. The minimum Gasteiger partial charge on any atom is -0.490 e. The summed E-state index contributed by atoms with van der Waals surface area (Å²) < 4.78 is 17.2. The third kappa shape index (κ3) is 4.32. The molecule has 1 amide bonds. The van der Waals surface area contributed by atoms with E-state index in [1.165, 1.54) is 0 Å². The summed E-state index contributed by atoms with van der Waals surface area (Å²) in [5.41, 5.74) is 0.584. The molecule has 0 bridgehead atoms. The maximum absolute atomic E-state index is 12.4. The second kappa shape index (κ2) is 8.19. The van der Waals surface area contributed by atoms with E-state index in [0.29, 0.717) is 25.4 Å². The van der Waals surface area contributed by atoms with Gasteiger partial charge in [-0.2, -0.15) is 0 Å². The summed E-state index contributed by atoms with van der Waals surface area (Å²) in [7, 11) is 1.67. The van der Waals surface area contributed by atoms with Crippen molar-refractivity contribution in [3.05, 3.63) is 54.4 Å². The van der Waals surface area contributed by atoms with E-state index in [1.807, 2.05) is 31.2 Å². The largest absolute Gasteiger partial charge is 0.490 e. The molecule has 1 aliphatic heterocycles. The van der Waals surface area contributed by atoms with Crippen LogP contribution in [0.25, 0.3) is 0 Å². The predicted octanol–water partition coefficient (Wildman–Crippen LogP) is 2.47. The van der Waals surface area contributed by atoms with Crippen molar-refractivity contribution >= 4 is 5.91 Å². The first kappa shape index (κ1) is 18.2. The monoisotopic (exact) mass is 356 g/mol. The van der Waals surface area contributed by atoms with Crippen molar-refractivity contribution < 1.29 is 19.0 Å². The van der Waals surface area contributed by atoms with Gasteiger partial charge in [-0.25, -0.2) is 0 Å². The number of benzene rings is 1. The van der Waals surface area contributed by atoms with Crippen LogP contribution in [0.3, 0.4) is 0 Å². The van der Waals surface area contributed by atoms with Gasteiger partial charge in [-0.15, -0.1) is 0 Å². The van der Waals surface area contributed by atoms with E-state index in [2.05, 4.69) is 4.98 Å². The van der Waals surface area contributed by atoms with Crippen molar-refractivity contribution in [3.63, 3.8) is 0 Å². The van der Waals surface area contributed by atoms with Gasteiger partial charge in [0.1, 0.15) is 23.7 Å². The SMILES string of the molecule is COC1(COc2ccccc2C)CCN(C(=O)COc2cccnc2)C1. The number of nitrogens with zero attached hydrogens (tertiary/aromatic N) is 2.